The lowest BCUT2D eigenvalue weighted by Crippen LogP contribution is -2.34. The van der Waals surface area contributed by atoms with Gasteiger partial charge < -0.3 is 10.1 Å². The number of nitrogens with zero attached hydrogens (tertiary/aromatic N) is 1. The number of ether oxygens (including phenoxy) is 1. The van der Waals surface area contributed by atoms with E-state index in [4.69, 9.17) is 4.74 Å². The molecule has 0 spiro atoms. The van der Waals surface area contributed by atoms with Gasteiger partial charge in [0.15, 0.2) is 0 Å². The highest BCUT2D eigenvalue weighted by Crippen LogP contribution is 2.44. The fourth-order valence-electron chi connectivity index (χ4n) is 3.05. The summed E-state index contributed by atoms with van der Waals surface area (Å²) in [4.78, 5) is 4.56. The molecular formula is C17H20N2O. The molecule has 2 unspecified atom stereocenters. The van der Waals surface area contributed by atoms with Crippen LogP contribution in [0.5, 0.6) is 5.75 Å². The summed E-state index contributed by atoms with van der Waals surface area (Å²) < 4.78 is 5.48. The van der Waals surface area contributed by atoms with Gasteiger partial charge in [-0.1, -0.05) is 31.2 Å². The van der Waals surface area contributed by atoms with Crippen molar-refractivity contribution < 1.29 is 4.74 Å². The molecule has 1 aliphatic carbocycles. The molecule has 0 radical (unpaired) electrons. The molecule has 2 aromatic rings. The van der Waals surface area contributed by atoms with Gasteiger partial charge in [-0.15, -0.1) is 0 Å². The second kappa shape index (κ2) is 5.63. The Bertz CT molecular complexity index is 597. The number of methoxy groups -OCH3 is 1. The van der Waals surface area contributed by atoms with E-state index in [0.29, 0.717) is 5.92 Å². The first-order chi connectivity index (χ1) is 9.85. The summed E-state index contributed by atoms with van der Waals surface area (Å²) in [6.45, 7) is 3.05. The van der Waals surface area contributed by atoms with Crippen LogP contribution in [0.25, 0.3) is 0 Å². The van der Waals surface area contributed by atoms with E-state index >= 15 is 0 Å². The molecule has 0 amide bonds. The molecule has 1 heterocycles. The highest BCUT2D eigenvalue weighted by Gasteiger charge is 2.35. The van der Waals surface area contributed by atoms with Crippen molar-refractivity contribution in [1.82, 2.24) is 10.3 Å². The zero-order valence-corrected chi connectivity index (χ0v) is 12.0. The molecule has 1 N–H and O–H groups in total. The van der Waals surface area contributed by atoms with Gasteiger partial charge in [0, 0.05) is 12.1 Å². The van der Waals surface area contributed by atoms with E-state index in [9.17, 15) is 0 Å². The highest BCUT2D eigenvalue weighted by atomic mass is 16.5. The van der Waals surface area contributed by atoms with Gasteiger partial charge in [-0.25, -0.2) is 0 Å². The summed E-state index contributed by atoms with van der Waals surface area (Å²) in [7, 11) is 1.71. The van der Waals surface area contributed by atoms with Gasteiger partial charge in [0.1, 0.15) is 5.75 Å². The molecule has 3 nitrogen and oxygen atoms in total. The van der Waals surface area contributed by atoms with Crippen molar-refractivity contribution in [3.05, 3.63) is 59.4 Å². The number of hydrogen-bond acceptors (Lipinski definition) is 3. The van der Waals surface area contributed by atoms with Crippen LogP contribution in [0.15, 0.2) is 42.6 Å². The van der Waals surface area contributed by atoms with E-state index in [0.717, 1.165) is 24.4 Å². The van der Waals surface area contributed by atoms with Gasteiger partial charge in [0.25, 0.3) is 0 Å². The van der Waals surface area contributed by atoms with Crippen molar-refractivity contribution in [2.45, 2.75) is 25.3 Å². The standard InChI is InChI=1S/C17H20N2O/c1-3-18-16(17-15(20-2)9-6-10-19-17)14-11-12-7-4-5-8-13(12)14/h4-10,14,16,18H,3,11H2,1-2H3. The minimum Gasteiger partial charge on any atom is -0.495 e. The Balaban J connectivity index is 1.95. The number of benzene rings is 1. The Labute approximate surface area is 120 Å². The Morgan fingerprint density at radius 2 is 2.15 bits per heavy atom. The van der Waals surface area contributed by atoms with Crippen molar-refractivity contribution in [3.63, 3.8) is 0 Å². The van der Waals surface area contributed by atoms with E-state index in [2.05, 4.69) is 41.5 Å². The Morgan fingerprint density at radius 1 is 1.30 bits per heavy atom. The molecule has 1 aromatic heterocycles. The third-order valence-electron chi connectivity index (χ3n) is 4.04. The highest BCUT2D eigenvalue weighted by molar-refractivity contribution is 5.44. The first-order valence-corrected chi connectivity index (χ1v) is 7.15. The van der Waals surface area contributed by atoms with Crippen LogP contribution in [0, 0.1) is 0 Å². The Kier molecular flexibility index (Phi) is 3.70. The molecular weight excluding hydrogens is 248 g/mol. The topological polar surface area (TPSA) is 34.2 Å². The smallest absolute Gasteiger partial charge is 0.142 e. The van der Waals surface area contributed by atoms with E-state index in [-0.39, 0.29) is 6.04 Å². The monoisotopic (exact) mass is 268 g/mol. The summed E-state index contributed by atoms with van der Waals surface area (Å²) in [6.07, 6.45) is 2.94. The lowest BCUT2D eigenvalue weighted by molar-refractivity contribution is 0.367. The summed E-state index contributed by atoms with van der Waals surface area (Å²) >= 11 is 0. The molecule has 0 aliphatic heterocycles. The van der Waals surface area contributed by atoms with Gasteiger partial charge in [-0.2, -0.15) is 0 Å². The predicted octanol–water partition coefficient (Wildman–Crippen LogP) is 3.08. The number of fused-ring (bicyclic) bond motifs is 1. The molecule has 3 rings (SSSR count). The average Bonchev–Trinajstić information content (AvgIpc) is 2.47. The summed E-state index contributed by atoms with van der Waals surface area (Å²) in [6, 6.07) is 12.8. The van der Waals surface area contributed by atoms with Crippen LogP contribution in [0.1, 0.15) is 35.7 Å². The molecule has 0 saturated heterocycles. The Hall–Kier alpha value is -1.87. The lowest BCUT2D eigenvalue weighted by Gasteiger charge is -2.37. The largest absolute Gasteiger partial charge is 0.495 e. The molecule has 1 aliphatic rings. The van der Waals surface area contributed by atoms with E-state index in [1.807, 2.05) is 18.3 Å². The van der Waals surface area contributed by atoms with Crippen LogP contribution in [0.3, 0.4) is 0 Å². The third-order valence-corrected chi connectivity index (χ3v) is 4.04. The second-order valence-electron chi connectivity index (χ2n) is 5.14. The molecule has 0 fully saturated rings. The van der Waals surface area contributed by atoms with Gasteiger partial charge >= 0.3 is 0 Å². The molecule has 0 bridgehead atoms. The second-order valence-corrected chi connectivity index (χ2v) is 5.14. The van der Waals surface area contributed by atoms with Gasteiger partial charge in [-0.3, -0.25) is 4.98 Å². The maximum atomic E-state index is 5.48. The van der Waals surface area contributed by atoms with Gasteiger partial charge in [0.05, 0.1) is 18.8 Å². The lowest BCUT2D eigenvalue weighted by atomic mass is 9.72. The quantitative estimate of drug-likeness (QED) is 0.905. The number of rotatable bonds is 5. The first-order valence-electron chi connectivity index (χ1n) is 7.15. The minimum absolute atomic E-state index is 0.214. The SMILES string of the molecule is CCNC(c1ncccc1OC)C1Cc2ccccc21. The third kappa shape index (κ3) is 2.18. The zero-order chi connectivity index (χ0) is 13.9. The van der Waals surface area contributed by atoms with Crippen LogP contribution in [-0.4, -0.2) is 18.6 Å². The molecule has 3 heteroatoms. The number of pyridine rings is 1. The van der Waals surface area contributed by atoms with Crippen LogP contribution in [-0.2, 0) is 6.42 Å². The number of likely N-dealkylation sites (N-methyl/N-ethyl adjacent to an activating group) is 1. The zero-order valence-electron chi connectivity index (χ0n) is 12.0. The first kappa shape index (κ1) is 13.1. The minimum atomic E-state index is 0.214. The molecule has 0 saturated carbocycles. The maximum absolute atomic E-state index is 5.48. The maximum Gasteiger partial charge on any atom is 0.142 e. The van der Waals surface area contributed by atoms with Gasteiger partial charge in [0.2, 0.25) is 0 Å². The van der Waals surface area contributed by atoms with Crippen LogP contribution in [0.2, 0.25) is 0 Å². The van der Waals surface area contributed by atoms with E-state index in [1.165, 1.54) is 11.1 Å². The summed E-state index contributed by atoms with van der Waals surface area (Å²) in [5.41, 5.74) is 3.90. The number of nitrogens with one attached hydrogen (secondary N) is 1. The fourth-order valence-corrected chi connectivity index (χ4v) is 3.05. The van der Waals surface area contributed by atoms with Crippen molar-refractivity contribution in [2.24, 2.45) is 0 Å². The fraction of sp³-hybridized carbons (Fsp3) is 0.353. The van der Waals surface area contributed by atoms with E-state index in [1.54, 1.807) is 7.11 Å². The molecule has 20 heavy (non-hydrogen) atoms. The van der Waals surface area contributed by atoms with Crippen LogP contribution < -0.4 is 10.1 Å². The van der Waals surface area contributed by atoms with Crippen molar-refractivity contribution >= 4 is 0 Å². The number of hydrogen-bond donors (Lipinski definition) is 1. The predicted molar refractivity (Wildman–Crippen MR) is 80.1 cm³/mol. The summed E-state index contributed by atoms with van der Waals surface area (Å²) in [5.74, 6) is 1.35. The number of aromatic nitrogens is 1. The van der Waals surface area contributed by atoms with Crippen molar-refractivity contribution in [3.8, 4) is 5.75 Å². The normalized spacial score (nSPS) is 18.0. The average molecular weight is 268 g/mol. The van der Waals surface area contributed by atoms with Crippen LogP contribution >= 0.6 is 0 Å². The van der Waals surface area contributed by atoms with Crippen LogP contribution in [0.4, 0.5) is 0 Å². The van der Waals surface area contributed by atoms with Gasteiger partial charge in [-0.05, 0) is 36.2 Å². The Morgan fingerprint density at radius 3 is 2.90 bits per heavy atom. The molecule has 2 atom stereocenters. The molecule has 104 valence electrons. The molecule has 1 aromatic carbocycles. The van der Waals surface area contributed by atoms with Crippen molar-refractivity contribution in [1.29, 1.82) is 0 Å². The summed E-state index contributed by atoms with van der Waals surface area (Å²) in [5, 5.41) is 3.57. The van der Waals surface area contributed by atoms with Crippen molar-refractivity contribution in [2.75, 3.05) is 13.7 Å². The van der Waals surface area contributed by atoms with E-state index < -0.39 is 0 Å².